The highest BCUT2D eigenvalue weighted by molar-refractivity contribution is 5.71. The van der Waals surface area contributed by atoms with Crippen molar-refractivity contribution < 1.29 is 28.6 Å². The molecule has 0 aromatic rings. The second-order valence-electron chi connectivity index (χ2n) is 19.0. The number of carbonyl (C=O) groups excluding carboxylic acids is 3. The van der Waals surface area contributed by atoms with Gasteiger partial charge in [-0.2, -0.15) is 0 Å². The van der Waals surface area contributed by atoms with Crippen molar-refractivity contribution in [3.63, 3.8) is 0 Å². The van der Waals surface area contributed by atoms with Crippen molar-refractivity contribution in [3.8, 4) is 0 Å². The van der Waals surface area contributed by atoms with Crippen molar-refractivity contribution in [2.75, 3.05) is 13.2 Å². The molecule has 0 N–H and O–H groups in total. The van der Waals surface area contributed by atoms with E-state index in [2.05, 4.69) is 27.7 Å². The summed E-state index contributed by atoms with van der Waals surface area (Å²) in [6.45, 7) is 9.04. The zero-order valence-electron chi connectivity index (χ0n) is 40.9. The number of hydrogen-bond donors (Lipinski definition) is 0. The normalized spacial score (nSPS) is 11.9. The molecule has 0 heterocycles. The van der Waals surface area contributed by atoms with Gasteiger partial charge in [0.15, 0.2) is 6.10 Å². The summed E-state index contributed by atoms with van der Waals surface area (Å²) >= 11 is 0. The molecule has 60 heavy (non-hydrogen) atoms. The Bertz CT molecular complexity index is 903. The minimum absolute atomic E-state index is 0.0623. The highest BCUT2D eigenvalue weighted by atomic mass is 16.6. The van der Waals surface area contributed by atoms with Gasteiger partial charge in [0.25, 0.3) is 0 Å². The molecule has 0 bridgehead atoms. The molecule has 0 aliphatic rings. The molecule has 0 aliphatic carbocycles. The third-order valence-electron chi connectivity index (χ3n) is 12.3. The Balaban J connectivity index is 4.26. The molecule has 6 heteroatoms. The van der Waals surface area contributed by atoms with Crippen molar-refractivity contribution in [2.45, 2.75) is 310 Å². The lowest BCUT2D eigenvalue weighted by molar-refractivity contribution is -0.167. The fourth-order valence-electron chi connectivity index (χ4n) is 8.22. The van der Waals surface area contributed by atoms with E-state index in [0.717, 1.165) is 63.7 Å². The summed E-state index contributed by atoms with van der Waals surface area (Å²) in [7, 11) is 0. The maximum absolute atomic E-state index is 12.8. The molecule has 0 saturated heterocycles. The SMILES string of the molecule is CCCCCCCCCCCCCCC(=O)OC[C@H](COC(=O)CCCCCCCCCCCCCCCCCC(C)C)OC(=O)CCCCCCCCCCCCCC. The van der Waals surface area contributed by atoms with E-state index in [1.165, 1.54) is 199 Å². The van der Waals surface area contributed by atoms with E-state index in [0.29, 0.717) is 19.3 Å². The Labute approximate surface area is 374 Å². The summed E-state index contributed by atoms with van der Waals surface area (Å²) in [4.78, 5) is 38.0. The quantitative estimate of drug-likeness (QED) is 0.0345. The Kier molecular flexibility index (Phi) is 47.2. The molecule has 6 nitrogen and oxygen atoms in total. The van der Waals surface area contributed by atoms with Crippen LogP contribution in [0.2, 0.25) is 0 Å². The lowest BCUT2D eigenvalue weighted by Gasteiger charge is -2.18. The first-order chi connectivity index (χ1) is 29.4. The number of ether oxygens (including phenoxy) is 3. The maximum Gasteiger partial charge on any atom is 0.306 e. The van der Waals surface area contributed by atoms with Crippen molar-refractivity contribution in [2.24, 2.45) is 5.92 Å². The number of carbonyl (C=O) groups is 3. The summed E-state index contributed by atoms with van der Waals surface area (Å²) in [5, 5.41) is 0. The van der Waals surface area contributed by atoms with E-state index in [1.54, 1.807) is 0 Å². The maximum atomic E-state index is 12.8. The molecule has 0 amide bonds. The van der Waals surface area contributed by atoms with Gasteiger partial charge in [-0.3, -0.25) is 14.4 Å². The van der Waals surface area contributed by atoms with Crippen molar-refractivity contribution in [1.29, 1.82) is 0 Å². The average molecular weight is 849 g/mol. The molecule has 0 saturated carbocycles. The first-order valence-electron chi connectivity index (χ1n) is 26.9. The molecule has 0 radical (unpaired) electrons. The molecule has 356 valence electrons. The number of unbranched alkanes of at least 4 members (excludes halogenated alkanes) is 36. The number of esters is 3. The van der Waals surface area contributed by atoms with Gasteiger partial charge in [-0.25, -0.2) is 0 Å². The molecule has 0 aromatic heterocycles. The van der Waals surface area contributed by atoms with Gasteiger partial charge in [-0.15, -0.1) is 0 Å². The van der Waals surface area contributed by atoms with Gasteiger partial charge in [0.05, 0.1) is 0 Å². The van der Waals surface area contributed by atoms with Crippen LogP contribution in [0.5, 0.6) is 0 Å². The Morgan fingerprint density at radius 1 is 0.317 bits per heavy atom. The van der Waals surface area contributed by atoms with Crippen molar-refractivity contribution in [3.05, 3.63) is 0 Å². The van der Waals surface area contributed by atoms with Gasteiger partial charge < -0.3 is 14.2 Å². The van der Waals surface area contributed by atoms with Crippen LogP contribution in [0.15, 0.2) is 0 Å². The summed E-state index contributed by atoms with van der Waals surface area (Å²) in [5.74, 6) is 0.00778. The standard InChI is InChI=1S/C54H104O6/c1-5-7-9-11-13-15-17-25-29-33-37-41-45-52(55)58-48-51(60-54(57)47-43-39-35-31-26-18-16-14-12-10-8-6-2)49-59-53(56)46-42-38-34-30-27-23-21-19-20-22-24-28-32-36-40-44-50(3)4/h50-51H,5-49H2,1-4H3/t51-/m1/s1. The van der Waals surface area contributed by atoms with Crippen LogP contribution in [-0.2, 0) is 28.6 Å². The van der Waals surface area contributed by atoms with Gasteiger partial charge in [0.1, 0.15) is 13.2 Å². The van der Waals surface area contributed by atoms with Gasteiger partial charge in [-0.1, -0.05) is 265 Å². The molecular formula is C54H104O6. The van der Waals surface area contributed by atoms with Crippen LogP contribution in [0.1, 0.15) is 304 Å². The van der Waals surface area contributed by atoms with Crippen LogP contribution in [-0.4, -0.2) is 37.2 Å². The predicted molar refractivity (Wildman–Crippen MR) is 257 cm³/mol. The number of hydrogen-bond acceptors (Lipinski definition) is 6. The van der Waals surface area contributed by atoms with Crippen LogP contribution in [0.25, 0.3) is 0 Å². The minimum atomic E-state index is -0.760. The molecule has 0 fully saturated rings. The number of rotatable bonds is 49. The Morgan fingerprint density at radius 2 is 0.550 bits per heavy atom. The fraction of sp³-hybridized carbons (Fsp3) is 0.944. The van der Waals surface area contributed by atoms with E-state index in [9.17, 15) is 14.4 Å². The second-order valence-corrected chi connectivity index (χ2v) is 19.0. The monoisotopic (exact) mass is 849 g/mol. The van der Waals surface area contributed by atoms with E-state index in [1.807, 2.05) is 0 Å². The second kappa shape index (κ2) is 48.4. The molecule has 0 spiro atoms. The zero-order chi connectivity index (χ0) is 43.8. The molecule has 0 aliphatic heterocycles. The van der Waals surface area contributed by atoms with Crippen molar-refractivity contribution >= 4 is 17.9 Å². The van der Waals surface area contributed by atoms with Crippen molar-refractivity contribution in [1.82, 2.24) is 0 Å². The largest absolute Gasteiger partial charge is 0.462 e. The molecule has 0 rings (SSSR count). The molecule has 0 unspecified atom stereocenters. The van der Waals surface area contributed by atoms with Crippen LogP contribution >= 0.6 is 0 Å². The van der Waals surface area contributed by atoms with E-state index in [-0.39, 0.29) is 31.1 Å². The third kappa shape index (κ3) is 47.5. The Hall–Kier alpha value is -1.59. The lowest BCUT2D eigenvalue weighted by atomic mass is 10.0. The zero-order valence-corrected chi connectivity index (χ0v) is 40.9. The van der Waals surface area contributed by atoms with E-state index in [4.69, 9.17) is 14.2 Å². The van der Waals surface area contributed by atoms with Gasteiger partial charge in [-0.05, 0) is 25.2 Å². The van der Waals surface area contributed by atoms with Gasteiger partial charge in [0.2, 0.25) is 0 Å². The first kappa shape index (κ1) is 58.4. The highest BCUT2D eigenvalue weighted by Crippen LogP contribution is 2.17. The van der Waals surface area contributed by atoms with Gasteiger partial charge in [0, 0.05) is 19.3 Å². The molecule has 0 aromatic carbocycles. The highest BCUT2D eigenvalue weighted by Gasteiger charge is 2.19. The lowest BCUT2D eigenvalue weighted by Crippen LogP contribution is -2.30. The summed E-state index contributed by atoms with van der Waals surface area (Å²) in [6, 6.07) is 0. The van der Waals surface area contributed by atoms with E-state index < -0.39 is 6.10 Å². The molecule has 1 atom stereocenters. The molecular weight excluding hydrogens is 745 g/mol. The fourth-order valence-corrected chi connectivity index (χ4v) is 8.22. The van der Waals surface area contributed by atoms with Crippen LogP contribution in [0.3, 0.4) is 0 Å². The van der Waals surface area contributed by atoms with Crippen LogP contribution < -0.4 is 0 Å². The van der Waals surface area contributed by atoms with Crippen LogP contribution in [0, 0.1) is 5.92 Å². The first-order valence-corrected chi connectivity index (χ1v) is 26.9. The van der Waals surface area contributed by atoms with E-state index >= 15 is 0 Å². The summed E-state index contributed by atoms with van der Waals surface area (Å²) < 4.78 is 16.8. The topological polar surface area (TPSA) is 78.9 Å². The smallest absolute Gasteiger partial charge is 0.306 e. The third-order valence-corrected chi connectivity index (χ3v) is 12.3. The van der Waals surface area contributed by atoms with Crippen LogP contribution in [0.4, 0.5) is 0 Å². The Morgan fingerprint density at radius 3 is 0.817 bits per heavy atom. The average Bonchev–Trinajstić information content (AvgIpc) is 3.23. The summed E-state index contributed by atoms with van der Waals surface area (Å²) in [5.41, 5.74) is 0. The predicted octanol–water partition coefficient (Wildman–Crippen LogP) is 17.5. The van der Waals surface area contributed by atoms with Gasteiger partial charge >= 0.3 is 17.9 Å². The summed E-state index contributed by atoms with van der Waals surface area (Å²) in [6.07, 6.45) is 50.8. The minimum Gasteiger partial charge on any atom is -0.462 e.